The second kappa shape index (κ2) is 7.85. The first-order valence-electron chi connectivity index (χ1n) is 10.3. The minimum Gasteiger partial charge on any atom is -0.465 e. The molecule has 2 heterocycles. The Morgan fingerprint density at radius 2 is 1.76 bits per heavy atom. The summed E-state index contributed by atoms with van der Waals surface area (Å²) in [6.07, 6.45) is 3.32. The van der Waals surface area contributed by atoms with Crippen LogP contribution in [0.3, 0.4) is 0 Å². The number of likely N-dealkylation sites (tertiary alicyclic amines) is 1. The monoisotopic (exact) mass is 394 g/mol. The number of ketones is 1. The quantitative estimate of drug-likeness (QED) is 0.865. The number of hydrogen-bond donors (Lipinski definition) is 1. The van der Waals surface area contributed by atoms with E-state index in [0.717, 1.165) is 12.0 Å². The smallest absolute Gasteiger partial charge is 0.255 e. The lowest BCUT2D eigenvalue weighted by Crippen LogP contribution is -2.46. The van der Waals surface area contributed by atoms with Crippen molar-refractivity contribution in [3.05, 3.63) is 58.0 Å². The van der Waals surface area contributed by atoms with Gasteiger partial charge in [0.05, 0.1) is 11.1 Å². The van der Waals surface area contributed by atoms with Gasteiger partial charge in [-0.25, -0.2) is 0 Å². The van der Waals surface area contributed by atoms with Crippen molar-refractivity contribution >= 4 is 17.6 Å². The first kappa shape index (κ1) is 19.4. The molecule has 1 aliphatic heterocycles. The molecule has 0 radical (unpaired) electrons. The predicted octanol–water partition coefficient (Wildman–Crippen LogP) is 3.45. The van der Waals surface area contributed by atoms with Gasteiger partial charge < -0.3 is 14.6 Å². The zero-order chi connectivity index (χ0) is 20.5. The van der Waals surface area contributed by atoms with Gasteiger partial charge in [0.15, 0.2) is 5.78 Å². The van der Waals surface area contributed by atoms with E-state index in [2.05, 4.69) is 5.32 Å². The summed E-state index contributed by atoms with van der Waals surface area (Å²) in [7, 11) is 0. The van der Waals surface area contributed by atoms with Crippen LogP contribution in [-0.2, 0) is 6.42 Å². The number of benzene rings is 1. The largest absolute Gasteiger partial charge is 0.465 e. The molecule has 152 valence electrons. The Morgan fingerprint density at radius 3 is 2.45 bits per heavy atom. The Bertz CT molecular complexity index is 950. The summed E-state index contributed by atoms with van der Waals surface area (Å²) in [5.74, 6) is 0.926. The third kappa shape index (κ3) is 3.84. The minimum atomic E-state index is -0.244. The minimum absolute atomic E-state index is 0.00763. The first-order chi connectivity index (χ1) is 13.9. The van der Waals surface area contributed by atoms with Crippen molar-refractivity contribution in [2.45, 2.75) is 52.0 Å². The molecule has 1 aromatic carbocycles. The van der Waals surface area contributed by atoms with E-state index in [1.807, 2.05) is 36.1 Å². The average molecular weight is 394 g/mol. The number of Topliss-reactive ketones (excluding diaryl/α,β-unsaturated/α-hetero) is 1. The number of aryl methyl sites for hydroxylation is 3. The summed E-state index contributed by atoms with van der Waals surface area (Å²) in [6.45, 7) is 4.93. The number of furan rings is 1. The van der Waals surface area contributed by atoms with Gasteiger partial charge in [-0.2, -0.15) is 0 Å². The van der Waals surface area contributed by atoms with Gasteiger partial charge >= 0.3 is 0 Å². The summed E-state index contributed by atoms with van der Waals surface area (Å²) in [6, 6.07) is 7.57. The number of carbonyl (C=O) groups is 3. The van der Waals surface area contributed by atoms with Crippen molar-refractivity contribution in [3.63, 3.8) is 0 Å². The van der Waals surface area contributed by atoms with Crippen LogP contribution >= 0.6 is 0 Å². The molecule has 1 fully saturated rings. The third-order valence-corrected chi connectivity index (χ3v) is 5.89. The van der Waals surface area contributed by atoms with E-state index >= 15 is 0 Å². The zero-order valence-corrected chi connectivity index (χ0v) is 16.9. The maximum atomic E-state index is 12.9. The van der Waals surface area contributed by atoms with Gasteiger partial charge in [-0.3, -0.25) is 14.4 Å². The van der Waals surface area contributed by atoms with Crippen molar-refractivity contribution in [1.29, 1.82) is 0 Å². The van der Waals surface area contributed by atoms with E-state index in [-0.39, 0.29) is 23.6 Å². The van der Waals surface area contributed by atoms with E-state index in [9.17, 15) is 14.4 Å². The highest BCUT2D eigenvalue weighted by atomic mass is 16.3. The van der Waals surface area contributed by atoms with E-state index in [1.54, 1.807) is 6.92 Å². The molecule has 0 bridgehead atoms. The molecule has 2 aliphatic rings. The molecule has 6 nitrogen and oxygen atoms in total. The van der Waals surface area contributed by atoms with Crippen molar-refractivity contribution in [2.24, 2.45) is 0 Å². The molecular weight excluding hydrogens is 368 g/mol. The highest BCUT2D eigenvalue weighted by Crippen LogP contribution is 2.29. The van der Waals surface area contributed by atoms with Gasteiger partial charge in [-0.05, 0) is 45.2 Å². The Labute approximate surface area is 170 Å². The summed E-state index contributed by atoms with van der Waals surface area (Å²) in [5.41, 5.74) is 2.68. The summed E-state index contributed by atoms with van der Waals surface area (Å²) < 4.78 is 5.69. The molecule has 1 aliphatic carbocycles. The maximum absolute atomic E-state index is 12.9. The fraction of sp³-hybridized carbons (Fsp3) is 0.435. The molecule has 4 rings (SSSR count). The first-order valence-corrected chi connectivity index (χ1v) is 10.3. The second-order valence-corrected chi connectivity index (χ2v) is 8.01. The fourth-order valence-electron chi connectivity index (χ4n) is 4.24. The second-order valence-electron chi connectivity index (χ2n) is 8.01. The van der Waals surface area contributed by atoms with Crippen molar-refractivity contribution < 1.29 is 18.8 Å². The Kier molecular flexibility index (Phi) is 5.26. The van der Waals surface area contributed by atoms with Crippen LogP contribution in [0.5, 0.6) is 0 Å². The normalized spacial score (nSPS) is 17.2. The third-order valence-electron chi connectivity index (χ3n) is 5.89. The lowest BCUT2D eigenvalue weighted by Gasteiger charge is -2.32. The number of nitrogens with zero attached hydrogens (tertiary/aromatic N) is 1. The van der Waals surface area contributed by atoms with Gasteiger partial charge in [-0.15, -0.1) is 0 Å². The highest BCUT2D eigenvalue weighted by Gasteiger charge is 2.32. The Hall–Kier alpha value is -2.89. The number of nitrogens with one attached hydrogen (secondary N) is 1. The van der Waals surface area contributed by atoms with Crippen LogP contribution < -0.4 is 5.32 Å². The molecule has 2 amide bonds. The van der Waals surface area contributed by atoms with Crippen LogP contribution in [-0.4, -0.2) is 41.6 Å². The van der Waals surface area contributed by atoms with Crippen LogP contribution in [0.2, 0.25) is 0 Å². The maximum Gasteiger partial charge on any atom is 0.255 e. The molecule has 6 heteroatoms. The molecule has 2 aromatic rings. The number of fused-ring (bicyclic) bond motifs is 1. The Morgan fingerprint density at radius 1 is 1.07 bits per heavy atom. The van der Waals surface area contributed by atoms with Crippen LogP contribution in [0.15, 0.2) is 28.7 Å². The molecule has 1 saturated heterocycles. The van der Waals surface area contributed by atoms with E-state index in [0.29, 0.717) is 67.0 Å². The fourth-order valence-corrected chi connectivity index (χ4v) is 4.24. The number of carbonyl (C=O) groups excluding carboxylic acids is 3. The summed E-state index contributed by atoms with van der Waals surface area (Å²) >= 11 is 0. The average Bonchev–Trinajstić information content (AvgIpc) is 3.06. The number of piperidine rings is 1. The van der Waals surface area contributed by atoms with Crippen LogP contribution in [0.4, 0.5) is 0 Å². The summed E-state index contributed by atoms with van der Waals surface area (Å²) in [4.78, 5) is 39.7. The van der Waals surface area contributed by atoms with Gasteiger partial charge in [0, 0.05) is 37.5 Å². The number of rotatable bonds is 3. The zero-order valence-electron chi connectivity index (χ0n) is 16.9. The molecule has 1 N–H and O–H groups in total. The van der Waals surface area contributed by atoms with E-state index in [1.165, 1.54) is 0 Å². The SMILES string of the molecule is Cc1ccc(C(=O)N2CCC(NC(=O)c3c(C)oc4c3C(=O)CCC4)CC2)cc1. The molecule has 1 aromatic heterocycles. The molecule has 0 spiro atoms. The van der Waals surface area contributed by atoms with Crippen molar-refractivity contribution in [3.8, 4) is 0 Å². The lowest BCUT2D eigenvalue weighted by molar-refractivity contribution is 0.0697. The van der Waals surface area contributed by atoms with Gasteiger partial charge in [0.2, 0.25) is 0 Å². The topological polar surface area (TPSA) is 79.6 Å². The lowest BCUT2D eigenvalue weighted by atomic mass is 9.93. The van der Waals surface area contributed by atoms with E-state index in [4.69, 9.17) is 4.42 Å². The summed E-state index contributed by atoms with van der Waals surface area (Å²) in [5, 5.41) is 3.05. The van der Waals surface area contributed by atoms with E-state index < -0.39 is 0 Å². The number of amides is 2. The predicted molar refractivity (Wildman–Crippen MR) is 108 cm³/mol. The molecule has 0 saturated carbocycles. The standard InChI is InChI=1S/C23H26N2O4/c1-14-6-8-16(9-7-14)23(28)25-12-10-17(11-13-25)24-22(27)20-15(2)29-19-5-3-4-18(26)21(19)20/h6-9,17H,3-5,10-13H2,1-2H3,(H,24,27). The van der Waals surface area contributed by atoms with Gasteiger partial charge in [0.1, 0.15) is 11.5 Å². The van der Waals surface area contributed by atoms with Gasteiger partial charge in [-0.1, -0.05) is 17.7 Å². The molecule has 0 atom stereocenters. The van der Waals surface area contributed by atoms with Gasteiger partial charge in [0.25, 0.3) is 11.8 Å². The number of hydrogen-bond acceptors (Lipinski definition) is 4. The highest BCUT2D eigenvalue weighted by molar-refractivity contribution is 6.10. The van der Waals surface area contributed by atoms with Crippen molar-refractivity contribution in [1.82, 2.24) is 10.2 Å². The van der Waals surface area contributed by atoms with Crippen LogP contribution in [0.25, 0.3) is 0 Å². The molecule has 0 unspecified atom stereocenters. The Balaban J connectivity index is 1.38. The van der Waals surface area contributed by atoms with Crippen LogP contribution in [0.1, 0.15) is 73.8 Å². The molecule has 29 heavy (non-hydrogen) atoms. The van der Waals surface area contributed by atoms with Crippen molar-refractivity contribution in [2.75, 3.05) is 13.1 Å². The molecular formula is C23H26N2O4. The van der Waals surface area contributed by atoms with Crippen LogP contribution in [0, 0.1) is 13.8 Å².